The van der Waals surface area contributed by atoms with Crippen LogP contribution >= 0.6 is 11.6 Å². The Morgan fingerprint density at radius 2 is 1.72 bits per heavy atom. The van der Waals surface area contributed by atoms with Crippen molar-refractivity contribution in [2.75, 3.05) is 30.8 Å². The number of pyridine rings is 1. The van der Waals surface area contributed by atoms with Gasteiger partial charge in [-0.15, -0.1) is 0 Å². The van der Waals surface area contributed by atoms with Gasteiger partial charge in [-0.25, -0.2) is 9.78 Å². The van der Waals surface area contributed by atoms with Crippen LogP contribution in [0, 0.1) is 11.8 Å². The van der Waals surface area contributed by atoms with E-state index in [9.17, 15) is 19.2 Å². The molecule has 1 saturated heterocycles. The monoisotopic (exact) mass is 552 g/mol. The second kappa shape index (κ2) is 11.4. The number of hydrogen-bond donors (Lipinski definition) is 2. The van der Waals surface area contributed by atoms with Gasteiger partial charge in [-0.2, -0.15) is 0 Å². The Bertz CT molecular complexity index is 1410. The zero-order chi connectivity index (χ0) is 27.5. The molecule has 0 unspecified atom stereocenters. The van der Waals surface area contributed by atoms with Crippen LogP contribution in [0.5, 0.6) is 0 Å². The van der Waals surface area contributed by atoms with Gasteiger partial charge in [0.1, 0.15) is 17.1 Å². The Kier molecular flexibility index (Phi) is 7.83. The van der Waals surface area contributed by atoms with E-state index < -0.39 is 11.9 Å². The summed E-state index contributed by atoms with van der Waals surface area (Å²) in [4.78, 5) is 57.6. The average Bonchev–Trinajstić information content (AvgIpc) is 3.62. The quantitative estimate of drug-likeness (QED) is 0.416. The third-order valence-corrected chi connectivity index (χ3v) is 7.62. The minimum atomic E-state index is -0.629. The fourth-order valence-corrected chi connectivity index (χ4v) is 5.38. The maximum absolute atomic E-state index is 13.4. The lowest BCUT2D eigenvalue weighted by Gasteiger charge is -2.29. The van der Waals surface area contributed by atoms with Crippen molar-refractivity contribution in [3.63, 3.8) is 0 Å². The molecule has 2 aromatic heterocycles. The second-order valence-corrected chi connectivity index (χ2v) is 10.3. The largest absolute Gasteiger partial charge is 0.465 e. The zero-order valence-electron chi connectivity index (χ0n) is 21.5. The molecular weight excluding hydrogens is 524 g/mol. The van der Waals surface area contributed by atoms with Crippen LogP contribution in [0.25, 0.3) is 11.0 Å². The summed E-state index contributed by atoms with van der Waals surface area (Å²) in [6.45, 7) is 1.63. The summed E-state index contributed by atoms with van der Waals surface area (Å²) in [6.07, 6.45) is 5.90. The van der Waals surface area contributed by atoms with Crippen LogP contribution in [-0.4, -0.2) is 53.8 Å². The molecule has 1 aromatic carbocycles. The predicted octanol–water partition coefficient (Wildman–Crippen LogP) is 4.89. The maximum atomic E-state index is 13.4. The maximum Gasteiger partial charge on any atom is 0.337 e. The number of halogens is 1. The number of likely N-dealkylation sites (tertiary alicyclic amines) is 1. The lowest BCUT2D eigenvalue weighted by Crippen LogP contribution is -2.37. The first kappa shape index (κ1) is 26.7. The van der Waals surface area contributed by atoms with E-state index in [1.54, 1.807) is 18.2 Å². The van der Waals surface area contributed by atoms with E-state index in [-0.39, 0.29) is 46.5 Å². The van der Waals surface area contributed by atoms with E-state index in [1.165, 1.54) is 25.4 Å². The molecular formula is C28H29ClN4O6. The lowest BCUT2D eigenvalue weighted by molar-refractivity contribution is -0.136. The van der Waals surface area contributed by atoms with Gasteiger partial charge < -0.3 is 24.7 Å². The summed E-state index contributed by atoms with van der Waals surface area (Å²) < 4.78 is 10.7. The van der Waals surface area contributed by atoms with Crippen molar-refractivity contribution in [1.29, 1.82) is 0 Å². The summed E-state index contributed by atoms with van der Waals surface area (Å²) in [5.74, 6) is -1.53. The number of fused-ring (bicyclic) bond motifs is 1. The Balaban J connectivity index is 1.37. The Labute approximate surface area is 230 Å². The van der Waals surface area contributed by atoms with E-state index >= 15 is 0 Å². The smallest absolute Gasteiger partial charge is 0.337 e. The number of anilines is 2. The van der Waals surface area contributed by atoms with Crippen LogP contribution in [0.15, 0.2) is 40.9 Å². The van der Waals surface area contributed by atoms with Crippen LogP contribution in [0.3, 0.4) is 0 Å². The summed E-state index contributed by atoms with van der Waals surface area (Å²) in [6, 6.07) is 7.70. The Morgan fingerprint density at radius 1 is 1.00 bits per heavy atom. The molecule has 1 aliphatic heterocycles. The van der Waals surface area contributed by atoms with Crippen molar-refractivity contribution in [3.05, 3.63) is 52.9 Å². The minimum Gasteiger partial charge on any atom is -0.465 e. The van der Waals surface area contributed by atoms with Gasteiger partial charge >= 0.3 is 5.97 Å². The van der Waals surface area contributed by atoms with Gasteiger partial charge in [0.25, 0.3) is 5.91 Å². The molecule has 3 heterocycles. The van der Waals surface area contributed by atoms with Gasteiger partial charge in [-0.1, -0.05) is 11.6 Å². The van der Waals surface area contributed by atoms with Crippen LogP contribution in [0.4, 0.5) is 11.5 Å². The highest BCUT2D eigenvalue weighted by Crippen LogP contribution is 2.36. The number of ether oxygens (including phenoxy) is 1. The lowest BCUT2D eigenvalue weighted by atomic mass is 9.81. The topological polar surface area (TPSA) is 131 Å². The number of carbonyl (C=O) groups excluding carboxylic acids is 4. The molecule has 2 fully saturated rings. The summed E-state index contributed by atoms with van der Waals surface area (Å²) in [5.41, 5.74) is 0.711. The van der Waals surface area contributed by atoms with Crippen LogP contribution in [0.1, 0.15) is 59.4 Å². The van der Waals surface area contributed by atoms with Crippen molar-refractivity contribution >= 4 is 57.8 Å². The fraction of sp³-hybridized carbons (Fsp3) is 0.393. The molecule has 0 bridgehead atoms. The summed E-state index contributed by atoms with van der Waals surface area (Å²) in [7, 11) is 1.27. The highest BCUT2D eigenvalue weighted by Gasteiger charge is 2.34. The highest BCUT2D eigenvalue weighted by molar-refractivity contribution is 6.30. The number of benzene rings is 1. The molecule has 2 aliphatic rings. The number of hydrogen-bond acceptors (Lipinski definition) is 7. The van der Waals surface area contributed by atoms with Gasteiger partial charge in [0.05, 0.1) is 17.7 Å². The van der Waals surface area contributed by atoms with Crippen molar-refractivity contribution in [3.8, 4) is 0 Å². The molecule has 1 saturated carbocycles. The van der Waals surface area contributed by atoms with Gasteiger partial charge in [-0.05, 0) is 68.9 Å². The van der Waals surface area contributed by atoms with Crippen molar-refractivity contribution in [2.24, 2.45) is 11.8 Å². The molecule has 39 heavy (non-hydrogen) atoms. The number of nitrogens with zero attached hydrogens (tertiary/aromatic N) is 2. The number of aromatic nitrogens is 1. The van der Waals surface area contributed by atoms with Crippen molar-refractivity contribution in [2.45, 2.75) is 38.5 Å². The standard InChI is InChI=1S/C28H29ClN4O6/c1-38-28(37)18-8-10-21-20(14-18)23(24(39-21)26(35)31-22-11-9-19(29)15-30-22)32-25(34)16-4-6-17(7-5-16)27(36)33-12-2-3-13-33/h8-11,14-17H,2-7,12-13H2,1H3,(H,32,34)(H,30,31,35)/t16-,17-. The number of carbonyl (C=O) groups is 4. The number of esters is 1. The number of rotatable bonds is 6. The van der Waals surface area contributed by atoms with Gasteiger partial charge in [0, 0.05) is 36.5 Å². The summed E-state index contributed by atoms with van der Waals surface area (Å²) >= 11 is 5.89. The van der Waals surface area contributed by atoms with Crippen LogP contribution < -0.4 is 10.6 Å². The molecule has 1 aliphatic carbocycles. The number of methoxy groups -OCH3 is 1. The van der Waals surface area contributed by atoms with E-state index in [1.807, 2.05) is 4.90 Å². The van der Waals surface area contributed by atoms with E-state index in [4.69, 9.17) is 20.8 Å². The molecule has 2 N–H and O–H groups in total. The van der Waals surface area contributed by atoms with E-state index in [2.05, 4.69) is 15.6 Å². The molecule has 11 heteroatoms. The molecule has 5 rings (SSSR count). The van der Waals surface area contributed by atoms with Crippen LogP contribution in [0.2, 0.25) is 5.02 Å². The van der Waals surface area contributed by atoms with Gasteiger partial charge in [0.15, 0.2) is 0 Å². The number of furan rings is 1. The first-order chi connectivity index (χ1) is 18.8. The molecule has 3 aromatic rings. The normalized spacial score (nSPS) is 19.1. The molecule has 0 atom stereocenters. The van der Waals surface area contributed by atoms with E-state index in [0.717, 1.165) is 25.9 Å². The fourth-order valence-electron chi connectivity index (χ4n) is 5.27. The predicted molar refractivity (Wildman–Crippen MR) is 145 cm³/mol. The molecule has 0 radical (unpaired) electrons. The Hall–Kier alpha value is -3.92. The molecule has 10 nitrogen and oxygen atoms in total. The van der Waals surface area contributed by atoms with Crippen LogP contribution in [-0.2, 0) is 14.3 Å². The van der Waals surface area contributed by atoms with Crippen molar-refractivity contribution in [1.82, 2.24) is 9.88 Å². The SMILES string of the molecule is COC(=O)c1ccc2oc(C(=O)Nc3ccc(Cl)cn3)c(NC(=O)[C@H]3CC[C@H](C(=O)N4CCCC4)CC3)c2c1. The van der Waals surface area contributed by atoms with Gasteiger partial charge in [0.2, 0.25) is 17.6 Å². The first-order valence-corrected chi connectivity index (χ1v) is 13.4. The average molecular weight is 553 g/mol. The Morgan fingerprint density at radius 3 is 2.38 bits per heavy atom. The summed E-state index contributed by atoms with van der Waals surface area (Å²) in [5, 5.41) is 6.33. The van der Waals surface area contributed by atoms with Gasteiger partial charge in [-0.3, -0.25) is 14.4 Å². The molecule has 3 amide bonds. The first-order valence-electron chi connectivity index (χ1n) is 13.0. The number of nitrogens with one attached hydrogen (secondary N) is 2. The third kappa shape index (κ3) is 5.75. The third-order valence-electron chi connectivity index (χ3n) is 7.40. The van der Waals surface area contributed by atoms with E-state index in [0.29, 0.717) is 41.7 Å². The van der Waals surface area contributed by atoms with Crippen molar-refractivity contribution < 1.29 is 28.3 Å². The molecule has 204 valence electrons. The minimum absolute atomic E-state index is 0.0577. The zero-order valence-corrected chi connectivity index (χ0v) is 22.3. The highest BCUT2D eigenvalue weighted by atomic mass is 35.5. The molecule has 0 spiro atoms. The second-order valence-electron chi connectivity index (χ2n) is 9.89. The number of amides is 3.